The van der Waals surface area contributed by atoms with Gasteiger partial charge in [-0.3, -0.25) is 4.90 Å². The number of ether oxygens (including phenoxy) is 4. The number of rotatable bonds is 4. The van der Waals surface area contributed by atoms with Gasteiger partial charge in [0.25, 0.3) is 0 Å². The van der Waals surface area contributed by atoms with Crippen LogP contribution in [0.3, 0.4) is 0 Å². The number of carbonyl (C=O) groups excluding carboxylic acids is 2. The van der Waals surface area contributed by atoms with Crippen molar-refractivity contribution in [3.63, 3.8) is 0 Å². The molecule has 0 aromatic carbocycles. The Morgan fingerprint density at radius 3 is 2.26 bits per heavy atom. The Morgan fingerprint density at radius 2 is 1.70 bits per heavy atom. The van der Waals surface area contributed by atoms with Crippen LogP contribution >= 0.6 is 0 Å². The molecule has 1 aliphatic rings. The Balaban J connectivity index is 2.46. The van der Waals surface area contributed by atoms with Crippen molar-refractivity contribution < 1.29 is 28.5 Å². The lowest BCUT2D eigenvalue weighted by Gasteiger charge is -2.36. The zero-order chi connectivity index (χ0) is 17.7. The molecule has 1 rings (SSSR count). The molecule has 1 atom stereocenters. The molecule has 0 aliphatic carbocycles. The summed E-state index contributed by atoms with van der Waals surface area (Å²) in [6.07, 6.45) is -0.397. The van der Waals surface area contributed by atoms with E-state index in [1.165, 1.54) is 0 Å². The molecule has 1 amide bonds. The molecule has 0 N–H and O–H groups in total. The monoisotopic (exact) mass is 331 g/mol. The number of esters is 1. The Kier molecular flexibility index (Phi) is 6.83. The van der Waals surface area contributed by atoms with Gasteiger partial charge in [0.1, 0.15) is 17.8 Å². The van der Waals surface area contributed by atoms with E-state index in [9.17, 15) is 9.59 Å². The van der Waals surface area contributed by atoms with E-state index in [4.69, 9.17) is 18.9 Å². The van der Waals surface area contributed by atoms with Crippen molar-refractivity contribution in [3.05, 3.63) is 0 Å². The summed E-state index contributed by atoms with van der Waals surface area (Å²) in [6.45, 7) is 12.1. The maximum atomic E-state index is 12.2. The SMILES string of the molecule is CC(C)(C)OC(=O)COC[C@@H]1COCCN1C(=O)OC(C)(C)C. The van der Waals surface area contributed by atoms with Gasteiger partial charge < -0.3 is 18.9 Å². The van der Waals surface area contributed by atoms with Gasteiger partial charge in [-0.2, -0.15) is 0 Å². The highest BCUT2D eigenvalue weighted by molar-refractivity contribution is 5.71. The summed E-state index contributed by atoms with van der Waals surface area (Å²) in [4.78, 5) is 25.4. The van der Waals surface area contributed by atoms with E-state index in [-0.39, 0.29) is 19.3 Å². The van der Waals surface area contributed by atoms with Gasteiger partial charge in [0, 0.05) is 6.54 Å². The van der Waals surface area contributed by atoms with Crippen molar-refractivity contribution in [2.24, 2.45) is 0 Å². The maximum Gasteiger partial charge on any atom is 0.410 e. The van der Waals surface area contributed by atoms with Crippen molar-refractivity contribution in [3.8, 4) is 0 Å². The molecule has 0 aromatic rings. The first-order valence-corrected chi connectivity index (χ1v) is 7.85. The Hall–Kier alpha value is -1.34. The molecular formula is C16H29NO6. The van der Waals surface area contributed by atoms with Crippen molar-refractivity contribution in [1.29, 1.82) is 0 Å². The molecule has 0 aromatic heterocycles. The minimum atomic E-state index is -0.558. The van der Waals surface area contributed by atoms with Gasteiger partial charge in [-0.1, -0.05) is 0 Å². The largest absolute Gasteiger partial charge is 0.458 e. The van der Waals surface area contributed by atoms with Crippen molar-refractivity contribution >= 4 is 12.1 Å². The summed E-state index contributed by atoms with van der Waals surface area (Å²) in [5, 5.41) is 0. The zero-order valence-corrected chi connectivity index (χ0v) is 15.0. The number of nitrogens with zero attached hydrogens (tertiary/aromatic N) is 1. The van der Waals surface area contributed by atoms with Crippen LogP contribution in [-0.4, -0.2) is 67.2 Å². The van der Waals surface area contributed by atoms with Crippen LogP contribution in [0.5, 0.6) is 0 Å². The first kappa shape index (κ1) is 19.7. The van der Waals surface area contributed by atoms with E-state index < -0.39 is 23.3 Å². The molecule has 0 spiro atoms. The number of hydrogen-bond acceptors (Lipinski definition) is 6. The minimum Gasteiger partial charge on any atom is -0.458 e. The molecule has 0 saturated carbocycles. The van der Waals surface area contributed by atoms with Gasteiger partial charge >= 0.3 is 12.1 Å². The number of hydrogen-bond donors (Lipinski definition) is 0. The fraction of sp³-hybridized carbons (Fsp3) is 0.875. The van der Waals surface area contributed by atoms with E-state index >= 15 is 0 Å². The van der Waals surface area contributed by atoms with Gasteiger partial charge in [0.05, 0.1) is 25.9 Å². The standard InChI is InChI=1S/C16H29NO6/c1-15(2,3)22-13(18)11-21-10-12-9-20-8-7-17(12)14(19)23-16(4,5)6/h12H,7-11H2,1-6H3/t12-/m0/s1. The summed E-state index contributed by atoms with van der Waals surface area (Å²) >= 11 is 0. The normalized spacial score (nSPS) is 19.4. The predicted octanol–water partition coefficient (Wildman–Crippen LogP) is 1.98. The highest BCUT2D eigenvalue weighted by Crippen LogP contribution is 2.15. The van der Waals surface area contributed by atoms with Gasteiger partial charge in [-0.25, -0.2) is 9.59 Å². The smallest absolute Gasteiger partial charge is 0.410 e. The lowest BCUT2D eigenvalue weighted by Crippen LogP contribution is -2.52. The molecule has 7 nitrogen and oxygen atoms in total. The molecule has 134 valence electrons. The van der Waals surface area contributed by atoms with E-state index in [2.05, 4.69) is 0 Å². The molecular weight excluding hydrogens is 302 g/mol. The molecule has 1 saturated heterocycles. The topological polar surface area (TPSA) is 74.3 Å². The van der Waals surface area contributed by atoms with Gasteiger partial charge in [0.2, 0.25) is 0 Å². The molecule has 1 aliphatic heterocycles. The summed E-state index contributed by atoms with van der Waals surface area (Å²) in [5.41, 5.74) is -1.10. The third kappa shape index (κ3) is 8.18. The molecule has 23 heavy (non-hydrogen) atoms. The van der Waals surface area contributed by atoms with Crippen LogP contribution in [0.1, 0.15) is 41.5 Å². The molecule has 1 fully saturated rings. The van der Waals surface area contributed by atoms with E-state index in [0.29, 0.717) is 19.8 Å². The average molecular weight is 331 g/mol. The van der Waals surface area contributed by atoms with Gasteiger partial charge in [-0.05, 0) is 41.5 Å². The lowest BCUT2D eigenvalue weighted by atomic mass is 10.2. The second kappa shape index (κ2) is 7.97. The average Bonchev–Trinajstić information content (AvgIpc) is 2.35. The molecule has 1 heterocycles. The Labute approximate surface area is 138 Å². The summed E-state index contributed by atoms with van der Waals surface area (Å²) in [6, 6.07) is -0.277. The number of morpholine rings is 1. The zero-order valence-electron chi connectivity index (χ0n) is 15.0. The summed E-state index contributed by atoms with van der Waals surface area (Å²) in [5.74, 6) is -0.432. The number of carbonyl (C=O) groups is 2. The van der Waals surface area contributed by atoms with Crippen LogP contribution in [0, 0.1) is 0 Å². The third-order valence-corrected chi connectivity index (χ3v) is 2.81. The van der Waals surface area contributed by atoms with Gasteiger partial charge in [0.15, 0.2) is 0 Å². The molecule has 7 heteroatoms. The van der Waals surface area contributed by atoms with Crippen LogP contribution in [0.25, 0.3) is 0 Å². The summed E-state index contributed by atoms with van der Waals surface area (Å²) < 4.78 is 21.3. The van der Waals surface area contributed by atoms with Gasteiger partial charge in [-0.15, -0.1) is 0 Å². The van der Waals surface area contributed by atoms with E-state index in [0.717, 1.165) is 0 Å². The van der Waals surface area contributed by atoms with Crippen LogP contribution in [0.4, 0.5) is 4.79 Å². The maximum absolute atomic E-state index is 12.2. The van der Waals surface area contributed by atoms with E-state index in [1.54, 1.807) is 25.7 Å². The van der Waals surface area contributed by atoms with Crippen molar-refractivity contribution in [2.45, 2.75) is 58.8 Å². The molecule has 0 unspecified atom stereocenters. The van der Waals surface area contributed by atoms with Crippen LogP contribution in [0.15, 0.2) is 0 Å². The Bertz CT molecular complexity index is 410. The fourth-order valence-electron chi connectivity index (χ4n) is 2.00. The van der Waals surface area contributed by atoms with Crippen molar-refractivity contribution in [1.82, 2.24) is 4.90 Å². The van der Waals surface area contributed by atoms with Crippen LogP contribution in [0.2, 0.25) is 0 Å². The van der Waals surface area contributed by atoms with Crippen molar-refractivity contribution in [2.75, 3.05) is 33.0 Å². The molecule has 0 bridgehead atoms. The Morgan fingerprint density at radius 1 is 1.09 bits per heavy atom. The predicted molar refractivity (Wildman–Crippen MR) is 84.2 cm³/mol. The third-order valence-electron chi connectivity index (χ3n) is 2.81. The summed E-state index contributed by atoms with van der Waals surface area (Å²) in [7, 11) is 0. The second-order valence-electron chi connectivity index (χ2n) is 7.50. The quantitative estimate of drug-likeness (QED) is 0.733. The highest BCUT2D eigenvalue weighted by Gasteiger charge is 2.31. The highest BCUT2D eigenvalue weighted by atomic mass is 16.6. The first-order valence-electron chi connectivity index (χ1n) is 7.85. The molecule has 0 radical (unpaired) electrons. The lowest BCUT2D eigenvalue weighted by molar-refractivity contribution is -0.161. The second-order valence-corrected chi connectivity index (χ2v) is 7.50. The minimum absolute atomic E-state index is 0.157. The van der Waals surface area contributed by atoms with Crippen LogP contribution in [-0.2, 0) is 23.7 Å². The first-order chi connectivity index (χ1) is 10.5. The number of amides is 1. The fourth-order valence-corrected chi connectivity index (χ4v) is 2.00. The van der Waals surface area contributed by atoms with Crippen LogP contribution < -0.4 is 0 Å². The van der Waals surface area contributed by atoms with E-state index in [1.807, 2.05) is 20.8 Å².